The number of hydrogen-bond donors (Lipinski definition) is 0. The first-order chi connectivity index (χ1) is 8.51. The molecule has 4 nitrogen and oxygen atoms in total. The second kappa shape index (κ2) is 6.48. The maximum absolute atomic E-state index is 12.0. The fraction of sp³-hybridized carbons (Fsp3) is 0.333. The molecule has 6 heteroatoms. The standard InChI is InChI=1S/C12H12Cl2N2O2/c1-16(5-3-4-15)12(17)8-6-9(13)11(18-2)10(14)7-8/h6-7H,3,5H2,1-2H3. The molecular formula is C12H12Cl2N2O2. The summed E-state index contributed by atoms with van der Waals surface area (Å²) >= 11 is 11.9. The van der Waals surface area contributed by atoms with Crippen LogP contribution in [0.2, 0.25) is 10.0 Å². The van der Waals surface area contributed by atoms with Gasteiger partial charge < -0.3 is 9.64 Å². The molecular weight excluding hydrogens is 275 g/mol. The molecule has 0 radical (unpaired) electrons. The van der Waals surface area contributed by atoms with Crippen LogP contribution in [0.1, 0.15) is 16.8 Å². The van der Waals surface area contributed by atoms with Crippen LogP contribution in [-0.2, 0) is 0 Å². The summed E-state index contributed by atoms with van der Waals surface area (Å²) in [4.78, 5) is 13.5. The van der Waals surface area contributed by atoms with Crippen LogP contribution in [0.5, 0.6) is 5.75 Å². The summed E-state index contributed by atoms with van der Waals surface area (Å²) in [6.07, 6.45) is 0.278. The van der Waals surface area contributed by atoms with Crippen molar-refractivity contribution in [1.82, 2.24) is 4.90 Å². The number of carbonyl (C=O) groups excluding carboxylic acids is 1. The lowest BCUT2D eigenvalue weighted by Crippen LogP contribution is -2.27. The van der Waals surface area contributed by atoms with Crippen molar-refractivity contribution in [3.63, 3.8) is 0 Å². The van der Waals surface area contributed by atoms with Gasteiger partial charge in [-0.2, -0.15) is 5.26 Å². The number of amides is 1. The fourth-order valence-electron chi connectivity index (χ4n) is 1.42. The zero-order valence-corrected chi connectivity index (χ0v) is 11.5. The van der Waals surface area contributed by atoms with Crippen molar-refractivity contribution < 1.29 is 9.53 Å². The molecule has 1 aromatic carbocycles. The average molecular weight is 287 g/mol. The zero-order chi connectivity index (χ0) is 13.7. The van der Waals surface area contributed by atoms with Crippen molar-refractivity contribution in [2.45, 2.75) is 6.42 Å². The predicted molar refractivity (Wildman–Crippen MR) is 70.2 cm³/mol. The highest BCUT2D eigenvalue weighted by Crippen LogP contribution is 2.34. The summed E-state index contributed by atoms with van der Waals surface area (Å²) in [5, 5.41) is 9.04. The quantitative estimate of drug-likeness (QED) is 0.855. The minimum atomic E-state index is -0.239. The summed E-state index contributed by atoms with van der Waals surface area (Å²) in [5.74, 6) is 0.103. The molecule has 0 saturated carbocycles. The molecule has 1 amide bonds. The second-order valence-corrected chi connectivity index (χ2v) is 4.42. The second-order valence-electron chi connectivity index (χ2n) is 3.61. The summed E-state index contributed by atoms with van der Waals surface area (Å²) in [7, 11) is 3.07. The van der Waals surface area contributed by atoms with Gasteiger partial charge in [-0.15, -0.1) is 0 Å². The maximum Gasteiger partial charge on any atom is 0.253 e. The summed E-state index contributed by atoms with van der Waals surface area (Å²) in [5.41, 5.74) is 0.367. The van der Waals surface area contributed by atoms with Crippen molar-refractivity contribution in [2.75, 3.05) is 20.7 Å². The number of carbonyl (C=O) groups is 1. The molecule has 0 atom stereocenters. The van der Waals surface area contributed by atoms with Gasteiger partial charge in [0.2, 0.25) is 0 Å². The normalized spacial score (nSPS) is 9.72. The van der Waals surface area contributed by atoms with Crippen molar-refractivity contribution in [3.05, 3.63) is 27.7 Å². The van der Waals surface area contributed by atoms with Crippen LogP contribution in [0, 0.1) is 11.3 Å². The van der Waals surface area contributed by atoms with Gasteiger partial charge in [-0.25, -0.2) is 0 Å². The van der Waals surface area contributed by atoms with Crippen LogP contribution >= 0.6 is 23.2 Å². The number of rotatable bonds is 4. The van der Waals surface area contributed by atoms with Crippen LogP contribution < -0.4 is 4.74 Å². The minimum absolute atomic E-state index is 0.239. The molecule has 0 unspecified atom stereocenters. The summed E-state index contributed by atoms with van der Waals surface area (Å²) < 4.78 is 5.00. The van der Waals surface area contributed by atoms with E-state index in [4.69, 9.17) is 33.2 Å². The molecule has 0 N–H and O–H groups in total. The Bertz CT molecular complexity index is 474. The van der Waals surface area contributed by atoms with E-state index in [9.17, 15) is 4.79 Å². The van der Waals surface area contributed by atoms with Gasteiger partial charge in [0.25, 0.3) is 5.91 Å². The van der Waals surface area contributed by atoms with Gasteiger partial charge in [-0.3, -0.25) is 4.79 Å². The third-order valence-corrected chi connectivity index (χ3v) is 2.92. The first kappa shape index (κ1) is 14.6. The Kier molecular flexibility index (Phi) is 5.26. The number of nitriles is 1. The highest BCUT2D eigenvalue weighted by atomic mass is 35.5. The minimum Gasteiger partial charge on any atom is -0.494 e. The SMILES string of the molecule is COc1c(Cl)cc(C(=O)N(C)CCC#N)cc1Cl. The van der Waals surface area contributed by atoms with Crippen LogP contribution in [0.25, 0.3) is 0 Å². The molecule has 0 aromatic heterocycles. The van der Waals surface area contributed by atoms with Gasteiger partial charge in [-0.1, -0.05) is 23.2 Å². The number of halogens is 2. The highest BCUT2D eigenvalue weighted by molar-refractivity contribution is 6.37. The Morgan fingerprint density at radius 3 is 2.44 bits per heavy atom. The van der Waals surface area contributed by atoms with E-state index >= 15 is 0 Å². The molecule has 0 saturated heterocycles. The topological polar surface area (TPSA) is 53.3 Å². The van der Waals surface area contributed by atoms with E-state index in [0.717, 1.165) is 0 Å². The lowest BCUT2D eigenvalue weighted by Gasteiger charge is -2.16. The van der Waals surface area contributed by atoms with Gasteiger partial charge in [-0.05, 0) is 12.1 Å². The van der Waals surface area contributed by atoms with Crippen molar-refractivity contribution >= 4 is 29.1 Å². The number of benzene rings is 1. The molecule has 1 rings (SSSR count). The Morgan fingerprint density at radius 1 is 1.44 bits per heavy atom. The Balaban J connectivity index is 2.97. The van der Waals surface area contributed by atoms with Crippen molar-refractivity contribution in [2.24, 2.45) is 0 Å². The lowest BCUT2D eigenvalue weighted by atomic mass is 10.2. The molecule has 1 aromatic rings. The van der Waals surface area contributed by atoms with Crippen LogP contribution in [0.3, 0.4) is 0 Å². The van der Waals surface area contributed by atoms with E-state index in [0.29, 0.717) is 17.9 Å². The van der Waals surface area contributed by atoms with E-state index in [2.05, 4.69) is 0 Å². The van der Waals surface area contributed by atoms with Crippen LogP contribution in [0.4, 0.5) is 0 Å². The fourth-order valence-corrected chi connectivity index (χ4v) is 2.06. The molecule has 0 spiro atoms. The molecule has 96 valence electrons. The molecule has 0 bridgehead atoms. The molecule has 0 aliphatic carbocycles. The molecule has 0 heterocycles. The van der Waals surface area contributed by atoms with E-state index in [1.807, 2.05) is 6.07 Å². The van der Waals surface area contributed by atoms with Crippen LogP contribution in [0.15, 0.2) is 12.1 Å². The Labute approximate surface area is 116 Å². The Hall–Kier alpha value is -1.44. The zero-order valence-electron chi connectivity index (χ0n) is 10.0. The molecule has 0 aliphatic heterocycles. The number of methoxy groups -OCH3 is 1. The first-order valence-corrected chi connectivity index (χ1v) is 5.92. The van der Waals surface area contributed by atoms with Crippen LogP contribution in [-0.4, -0.2) is 31.5 Å². The smallest absolute Gasteiger partial charge is 0.253 e. The monoisotopic (exact) mass is 286 g/mol. The largest absolute Gasteiger partial charge is 0.494 e. The average Bonchev–Trinajstić information content (AvgIpc) is 2.34. The third-order valence-electron chi connectivity index (χ3n) is 2.36. The number of nitrogens with zero attached hydrogens (tertiary/aromatic N) is 2. The number of hydrogen-bond acceptors (Lipinski definition) is 3. The third kappa shape index (κ3) is 3.28. The molecule has 0 aliphatic rings. The maximum atomic E-state index is 12.0. The van der Waals surface area contributed by atoms with Crippen molar-refractivity contribution in [1.29, 1.82) is 5.26 Å². The van der Waals surface area contributed by atoms with Gasteiger partial charge in [0.1, 0.15) is 0 Å². The van der Waals surface area contributed by atoms with Gasteiger partial charge in [0, 0.05) is 19.2 Å². The Morgan fingerprint density at radius 2 is 2.00 bits per heavy atom. The first-order valence-electron chi connectivity index (χ1n) is 5.16. The number of ether oxygens (including phenoxy) is 1. The summed E-state index contributed by atoms with van der Waals surface area (Å²) in [6.45, 7) is 0.358. The van der Waals surface area contributed by atoms with Gasteiger partial charge >= 0.3 is 0 Å². The highest BCUT2D eigenvalue weighted by Gasteiger charge is 2.16. The van der Waals surface area contributed by atoms with E-state index in [-0.39, 0.29) is 22.4 Å². The lowest BCUT2D eigenvalue weighted by molar-refractivity contribution is 0.0798. The van der Waals surface area contributed by atoms with Crippen molar-refractivity contribution in [3.8, 4) is 11.8 Å². The molecule has 0 fully saturated rings. The molecule has 18 heavy (non-hydrogen) atoms. The predicted octanol–water partition coefficient (Wildman–Crippen LogP) is 2.99. The van der Waals surface area contributed by atoms with Gasteiger partial charge in [0.15, 0.2) is 5.75 Å². The van der Waals surface area contributed by atoms with E-state index < -0.39 is 0 Å². The summed E-state index contributed by atoms with van der Waals surface area (Å²) in [6, 6.07) is 4.97. The van der Waals surface area contributed by atoms with E-state index in [1.165, 1.54) is 24.1 Å². The van der Waals surface area contributed by atoms with E-state index in [1.54, 1.807) is 7.05 Å². The van der Waals surface area contributed by atoms with Gasteiger partial charge in [0.05, 0.1) is 29.6 Å².